The van der Waals surface area contributed by atoms with Crippen molar-refractivity contribution in [2.75, 3.05) is 31.9 Å². The number of hydrogen-bond acceptors (Lipinski definition) is 5. The summed E-state index contributed by atoms with van der Waals surface area (Å²) in [5.41, 5.74) is 0.812. The number of benzene rings is 2. The molecular formula is C23H24Cl2N4O2S. The fraction of sp³-hybridized carbons (Fsp3) is 0.348. The Morgan fingerprint density at radius 1 is 1.09 bits per heavy atom. The molecule has 168 valence electrons. The molecule has 0 unspecified atom stereocenters. The molecule has 0 aliphatic carbocycles. The maximum absolute atomic E-state index is 13.3. The summed E-state index contributed by atoms with van der Waals surface area (Å²) in [5.74, 6) is 0.0545. The molecule has 1 aromatic heterocycles. The molecule has 1 amide bonds. The number of aromatic nitrogens is 2. The van der Waals surface area contributed by atoms with Gasteiger partial charge in [0.05, 0.1) is 27.4 Å². The highest BCUT2D eigenvalue weighted by Crippen LogP contribution is 2.28. The molecule has 2 heterocycles. The second-order valence-electron chi connectivity index (χ2n) is 7.69. The van der Waals surface area contributed by atoms with Crippen LogP contribution in [0.2, 0.25) is 10.0 Å². The van der Waals surface area contributed by atoms with Gasteiger partial charge in [-0.25, -0.2) is 4.98 Å². The van der Waals surface area contributed by atoms with E-state index in [1.807, 2.05) is 6.07 Å². The van der Waals surface area contributed by atoms with Crippen LogP contribution in [0.15, 0.2) is 52.4 Å². The van der Waals surface area contributed by atoms with Crippen LogP contribution in [0.25, 0.3) is 16.6 Å². The molecule has 2 aromatic carbocycles. The first kappa shape index (κ1) is 23.1. The number of halogens is 2. The van der Waals surface area contributed by atoms with Gasteiger partial charge in [0.1, 0.15) is 0 Å². The van der Waals surface area contributed by atoms with Crippen LogP contribution in [0, 0.1) is 0 Å². The molecule has 0 atom stereocenters. The zero-order valence-corrected chi connectivity index (χ0v) is 19.8. The molecule has 1 aliphatic heterocycles. The first-order chi connectivity index (χ1) is 15.5. The predicted molar refractivity (Wildman–Crippen MR) is 131 cm³/mol. The highest BCUT2D eigenvalue weighted by atomic mass is 35.5. The number of nitrogens with one attached hydrogen (secondary N) is 1. The number of fused-ring (bicyclic) bond motifs is 1. The summed E-state index contributed by atoms with van der Waals surface area (Å²) in [4.78, 5) is 32.8. The van der Waals surface area contributed by atoms with Crippen LogP contribution in [0.3, 0.4) is 0 Å². The molecule has 9 heteroatoms. The lowest BCUT2D eigenvalue weighted by Crippen LogP contribution is -2.38. The quantitative estimate of drug-likeness (QED) is 0.393. The third-order valence-corrected chi connectivity index (χ3v) is 6.90. The minimum absolute atomic E-state index is 0.0943. The van der Waals surface area contributed by atoms with E-state index in [9.17, 15) is 9.59 Å². The van der Waals surface area contributed by atoms with Gasteiger partial charge in [0.2, 0.25) is 5.91 Å². The number of likely N-dealkylation sites (tertiary alicyclic amines) is 1. The fourth-order valence-electron chi connectivity index (χ4n) is 3.80. The number of amides is 1. The molecule has 6 nitrogen and oxygen atoms in total. The number of rotatable bonds is 7. The largest absolute Gasteiger partial charge is 0.354 e. The summed E-state index contributed by atoms with van der Waals surface area (Å²) >= 11 is 13.6. The average molecular weight is 491 g/mol. The Kier molecular flexibility index (Phi) is 7.73. The molecule has 32 heavy (non-hydrogen) atoms. The van der Waals surface area contributed by atoms with Crippen molar-refractivity contribution >= 4 is 51.8 Å². The molecule has 1 aliphatic rings. The number of thioether (sulfide) groups is 1. The molecule has 1 fully saturated rings. The van der Waals surface area contributed by atoms with Gasteiger partial charge in [-0.05, 0) is 56.3 Å². The second kappa shape index (κ2) is 10.7. The van der Waals surface area contributed by atoms with E-state index in [1.54, 1.807) is 36.4 Å². The van der Waals surface area contributed by atoms with Gasteiger partial charge in [-0.1, -0.05) is 53.5 Å². The third kappa shape index (κ3) is 5.46. The lowest BCUT2D eigenvalue weighted by Gasteiger charge is -2.26. The number of para-hydroxylation sites is 1. The topological polar surface area (TPSA) is 67.2 Å². The Hall–Kier alpha value is -2.06. The number of piperidine rings is 1. The standard InChI is InChI=1S/C23H24Cl2N4O2S/c24-16-8-9-20(18(25)14-16)29-22(31)17-6-2-3-7-19(17)27-23(29)32-15-21(30)26-10-13-28-11-4-1-5-12-28/h2-3,6-9,14H,1,4-5,10-13,15H2,(H,26,30). The van der Waals surface area contributed by atoms with E-state index in [0.29, 0.717) is 38.3 Å². The van der Waals surface area contributed by atoms with E-state index in [-0.39, 0.29) is 17.2 Å². The van der Waals surface area contributed by atoms with Crippen LogP contribution in [0.5, 0.6) is 0 Å². The van der Waals surface area contributed by atoms with Crippen LogP contribution in [-0.4, -0.2) is 52.3 Å². The lowest BCUT2D eigenvalue weighted by atomic mass is 10.1. The lowest BCUT2D eigenvalue weighted by molar-refractivity contribution is -0.118. The smallest absolute Gasteiger partial charge is 0.266 e. The Morgan fingerprint density at radius 3 is 2.66 bits per heavy atom. The summed E-state index contributed by atoms with van der Waals surface area (Å²) in [6.07, 6.45) is 3.74. The molecule has 1 N–H and O–H groups in total. The van der Waals surface area contributed by atoms with Crippen molar-refractivity contribution in [3.8, 4) is 5.69 Å². The summed E-state index contributed by atoms with van der Waals surface area (Å²) in [7, 11) is 0. The zero-order chi connectivity index (χ0) is 22.5. The molecule has 1 saturated heterocycles. The van der Waals surface area contributed by atoms with Gasteiger partial charge in [0, 0.05) is 18.1 Å². The van der Waals surface area contributed by atoms with Gasteiger partial charge < -0.3 is 10.2 Å². The van der Waals surface area contributed by atoms with Crippen molar-refractivity contribution < 1.29 is 4.79 Å². The maximum Gasteiger partial charge on any atom is 0.266 e. The highest BCUT2D eigenvalue weighted by Gasteiger charge is 2.17. The second-order valence-corrected chi connectivity index (χ2v) is 9.47. The Bertz CT molecular complexity index is 1180. The Balaban J connectivity index is 1.53. The van der Waals surface area contributed by atoms with E-state index in [0.717, 1.165) is 19.6 Å². The SMILES string of the molecule is O=C(CSc1nc2ccccc2c(=O)n1-c1ccc(Cl)cc1Cl)NCCN1CCCCC1. The third-order valence-electron chi connectivity index (χ3n) is 5.43. The van der Waals surface area contributed by atoms with Crippen molar-refractivity contribution in [2.45, 2.75) is 24.4 Å². The van der Waals surface area contributed by atoms with E-state index in [2.05, 4.69) is 15.2 Å². The van der Waals surface area contributed by atoms with Crippen molar-refractivity contribution in [3.63, 3.8) is 0 Å². The molecule has 0 bridgehead atoms. The molecule has 0 radical (unpaired) electrons. The number of hydrogen-bond donors (Lipinski definition) is 1. The monoisotopic (exact) mass is 490 g/mol. The first-order valence-electron chi connectivity index (χ1n) is 10.6. The number of nitrogens with zero attached hydrogens (tertiary/aromatic N) is 3. The van der Waals surface area contributed by atoms with E-state index < -0.39 is 0 Å². The predicted octanol–water partition coefficient (Wildman–Crippen LogP) is 4.39. The minimum atomic E-state index is -0.243. The summed E-state index contributed by atoms with van der Waals surface area (Å²) in [6.45, 7) is 3.66. The Morgan fingerprint density at radius 2 is 1.88 bits per heavy atom. The van der Waals surface area contributed by atoms with Crippen LogP contribution in [-0.2, 0) is 4.79 Å². The van der Waals surface area contributed by atoms with Gasteiger partial charge in [-0.2, -0.15) is 0 Å². The molecule has 3 aromatic rings. The summed E-state index contributed by atoms with van der Waals surface area (Å²) in [6, 6.07) is 12.1. The van der Waals surface area contributed by atoms with Crippen molar-refractivity contribution in [2.24, 2.45) is 0 Å². The fourth-order valence-corrected chi connectivity index (χ4v) is 5.13. The number of carbonyl (C=O) groups is 1. The average Bonchev–Trinajstić information content (AvgIpc) is 2.79. The maximum atomic E-state index is 13.3. The van der Waals surface area contributed by atoms with Crippen molar-refractivity contribution in [3.05, 3.63) is 62.9 Å². The first-order valence-corrected chi connectivity index (χ1v) is 12.4. The van der Waals surface area contributed by atoms with Crippen LogP contribution >= 0.6 is 35.0 Å². The van der Waals surface area contributed by atoms with Crippen LogP contribution in [0.4, 0.5) is 0 Å². The van der Waals surface area contributed by atoms with Crippen molar-refractivity contribution in [1.29, 1.82) is 0 Å². The van der Waals surface area contributed by atoms with Gasteiger partial charge in [-0.3, -0.25) is 14.2 Å². The van der Waals surface area contributed by atoms with E-state index in [4.69, 9.17) is 23.2 Å². The molecular weight excluding hydrogens is 467 g/mol. The van der Waals surface area contributed by atoms with Crippen molar-refractivity contribution in [1.82, 2.24) is 19.8 Å². The molecule has 4 rings (SSSR count). The van der Waals surface area contributed by atoms with Gasteiger partial charge in [0.15, 0.2) is 5.16 Å². The number of carbonyl (C=O) groups excluding carboxylic acids is 1. The summed E-state index contributed by atoms with van der Waals surface area (Å²) in [5, 5.41) is 4.67. The summed E-state index contributed by atoms with van der Waals surface area (Å²) < 4.78 is 1.45. The zero-order valence-electron chi connectivity index (χ0n) is 17.5. The van der Waals surface area contributed by atoms with Crippen LogP contribution < -0.4 is 10.9 Å². The normalized spacial score (nSPS) is 14.6. The van der Waals surface area contributed by atoms with Gasteiger partial charge >= 0.3 is 0 Å². The van der Waals surface area contributed by atoms with Gasteiger partial charge in [0.25, 0.3) is 5.56 Å². The Labute approximate surface area is 200 Å². The van der Waals surface area contributed by atoms with E-state index >= 15 is 0 Å². The van der Waals surface area contributed by atoms with Gasteiger partial charge in [-0.15, -0.1) is 0 Å². The molecule has 0 saturated carbocycles. The van der Waals surface area contributed by atoms with Crippen LogP contribution in [0.1, 0.15) is 19.3 Å². The molecule has 0 spiro atoms. The van der Waals surface area contributed by atoms with E-state index in [1.165, 1.54) is 35.6 Å². The minimum Gasteiger partial charge on any atom is -0.354 e. The highest BCUT2D eigenvalue weighted by molar-refractivity contribution is 7.99.